The summed E-state index contributed by atoms with van der Waals surface area (Å²) in [5.41, 5.74) is 0.829. The van der Waals surface area contributed by atoms with Crippen molar-refractivity contribution >= 4 is 17.5 Å². The standard InChI is InChI=1S/C19H18O5S/c1-21-12-5-6-13-16(9-12)25-10-19(17(13)20)18(24-19)11-4-7-14(22-2)15(8-11)23-3/h4-9,18H,10H2,1-3H3. The van der Waals surface area contributed by atoms with Crippen molar-refractivity contribution in [3.63, 3.8) is 0 Å². The van der Waals surface area contributed by atoms with Gasteiger partial charge in [-0.25, -0.2) is 0 Å². The van der Waals surface area contributed by atoms with Gasteiger partial charge in [-0.3, -0.25) is 4.79 Å². The van der Waals surface area contributed by atoms with Crippen LogP contribution in [0.5, 0.6) is 17.2 Å². The Morgan fingerprint density at radius 1 is 1.04 bits per heavy atom. The van der Waals surface area contributed by atoms with E-state index in [-0.39, 0.29) is 11.9 Å². The number of methoxy groups -OCH3 is 3. The minimum absolute atomic E-state index is 0.0312. The van der Waals surface area contributed by atoms with Gasteiger partial charge in [-0.05, 0) is 35.9 Å². The number of hydrogen-bond acceptors (Lipinski definition) is 6. The Bertz CT molecular complexity index is 850. The first kappa shape index (κ1) is 16.3. The second kappa shape index (κ2) is 5.97. The maximum absolute atomic E-state index is 13.0. The SMILES string of the molecule is COc1ccc2c(c1)SCC1(OC1c1ccc(OC)c(OC)c1)C2=O. The molecule has 0 aliphatic carbocycles. The van der Waals surface area contributed by atoms with Crippen molar-refractivity contribution in [3.8, 4) is 17.2 Å². The number of ether oxygens (including phenoxy) is 4. The van der Waals surface area contributed by atoms with E-state index in [9.17, 15) is 4.79 Å². The monoisotopic (exact) mass is 358 g/mol. The van der Waals surface area contributed by atoms with E-state index in [2.05, 4.69) is 0 Å². The fourth-order valence-electron chi connectivity index (χ4n) is 3.23. The molecule has 0 radical (unpaired) electrons. The number of carbonyl (C=O) groups excluding carboxylic acids is 1. The highest BCUT2D eigenvalue weighted by Gasteiger charge is 2.64. The third-order valence-corrected chi connectivity index (χ3v) is 5.89. The van der Waals surface area contributed by atoms with Gasteiger partial charge in [-0.15, -0.1) is 11.8 Å². The van der Waals surface area contributed by atoms with Crippen molar-refractivity contribution < 1.29 is 23.7 Å². The van der Waals surface area contributed by atoms with Crippen molar-refractivity contribution in [1.29, 1.82) is 0 Å². The molecule has 2 aliphatic rings. The van der Waals surface area contributed by atoms with E-state index in [1.54, 1.807) is 33.1 Å². The van der Waals surface area contributed by atoms with Crippen LogP contribution in [-0.2, 0) is 4.74 Å². The number of benzene rings is 2. The van der Waals surface area contributed by atoms with Gasteiger partial charge in [-0.2, -0.15) is 0 Å². The average molecular weight is 358 g/mol. The lowest BCUT2D eigenvalue weighted by Crippen LogP contribution is -2.32. The molecule has 2 aromatic carbocycles. The minimum Gasteiger partial charge on any atom is -0.497 e. The summed E-state index contributed by atoms with van der Waals surface area (Å²) in [6, 6.07) is 11.2. The molecular formula is C19H18O5S. The van der Waals surface area contributed by atoms with Crippen LogP contribution in [0.25, 0.3) is 0 Å². The van der Waals surface area contributed by atoms with Gasteiger partial charge in [0.1, 0.15) is 11.9 Å². The van der Waals surface area contributed by atoms with Crippen molar-refractivity contribution in [2.45, 2.75) is 16.6 Å². The van der Waals surface area contributed by atoms with Gasteiger partial charge in [0.15, 0.2) is 22.9 Å². The quantitative estimate of drug-likeness (QED) is 0.780. The molecule has 0 amide bonds. The Morgan fingerprint density at radius 2 is 1.84 bits per heavy atom. The van der Waals surface area contributed by atoms with E-state index in [1.807, 2.05) is 36.4 Å². The first-order valence-electron chi connectivity index (χ1n) is 7.88. The number of hydrogen-bond donors (Lipinski definition) is 0. The predicted molar refractivity (Wildman–Crippen MR) is 94.2 cm³/mol. The number of Topliss-reactive ketones (excluding diaryl/α,β-unsaturated/α-hetero) is 1. The number of ketones is 1. The molecule has 0 aromatic heterocycles. The molecule has 0 N–H and O–H groups in total. The second-order valence-electron chi connectivity index (χ2n) is 5.98. The summed E-state index contributed by atoms with van der Waals surface area (Å²) in [6.45, 7) is 0. The molecule has 25 heavy (non-hydrogen) atoms. The molecule has 4 rings (SSSR count). The molecule has 6 heteroatoms. The molecule has 2 unspecified atom stereocenters. The van der Waals surface area contributed by atoms with Gasteiger partial charge in [0.2, 0.25) is 0 Å². The second-order valence-corrected chi connectivity index (χ2v) is 7.00. The van der Waals surface area contributed by atoms with E-state index >= 15 is 0 Å². The number of carbonyl (C=O) groups is 1. The summed E-state index contributed by atoms with van der Waals surface area (Å²) in [4.78, 5) is 14.0. The van der Waals surface area contributed by atoms with Crippen molar-refractivity contribution in [2.75, 3.05) is 27.1 Å². The van der Waals surface area contributed by atoms with Gasteiger partial charge < -0.3 is 18.9 Å². The summed E-state index contributed by atoms with van der Waals surface area (Å²) >= 11 is 1.63. The molecule has 0 saturated carbocycles. The van der Waals surface area contributed by atoms with E-state index in [4.69, 9.17) is 18.9 Å². The lowest BCUT2D eigenvalue weighted by atomic mass is 9.91. The van der Waals surface area contributed by atoms with Crippen molar-refractivity contribution in [1.82, 2.24) is 0 Å². The zero-order valence-electron chi connectivity index (χ0n) is 14.2. The topological polar surface area (TPSA) is 57.3 Å². The van der Waals surface area contributed by atoms with Crippen LogP contribution in [0.2, 0.25) is 0 Å². The molecule has 2 aromatic rings. The molecule has 0 bridgehead atoms. The Morgan fingerprint density at radius 3 is 2.56 bits per heavy atom. The summed E-state index contributed by atoms with van der Waals surface area (Å²) in [5.74, 6) is 2.66. The summed E-state index contributed by atoms with van der Waals surface area (Å²) in [6.07, 6.45) is -0.262. The summed E-state index contributed by atoms with van der Waals surface area (Å²) in [7, 11) is 4.81. The Labute approximate surface area is 150 Å². The molecule has 130 valence electrons. The van der Waals surface area contributed by atoms with Gasteiger partial charge in [-0.1, -0.05) is 6.07 Å². The van der Waals surface area contributed by atoms with Gasteiger partial charge in [0.25, 0.3) is 0 Å². The molecule has 1 spiro atoms. The van der Waals surface area contributed by atoms with Crippen LogP contribution in [0.3, 0.4) is 0 Å². The maximum Gasteiger partial charge on any atom is 0.199 e. The van der Waals surface area contributed by atoms with Crippen LogP contribution in [0.1, 0.15) is 22.0 Å². The zero-order valence-corrected chi connectivity index (χ0v) is 15.0. The summed E-state index contributed by atoms with van der Waals surface area (Å²) < 4.78 is 21.8. The highest BCUT2D eigenvalue weighted by molar-refractivity contribution is 7.99. The van der Waals surface area contributed by atoms with Gasteiger partial charge in [0, 0.05) is 16.2 Å². The lowest BCUT2D eigenvalue weighted by Gasteiger charge is -2.21. The number of fused-ring (bicyclic) bond motifs is 1. The number of rotatable bonds is 4. The minimum atomic E-state index is -0.786. The molecule has 5 nitrogen and oxygen atoms in total. The normalized spacial score (nSPS) is 24.0. The smallest absolute Gasteiger partial charge is 0.199 e. The van der Waals surface area contributed by atoms with Crippen molar-refractivity contribution in [2.24, 2.45) is 0 Å². The first-order chi connectivity index (χ1) is 12.1. The third-order valence-electron chi connectivity index (χ3n) is 4.66. The molecule has 2 heterocycles. The van der Waals surface area contributed by atoms with Crippen LogP contribution < -0.4 is 14.2 Å². The van der Waals surface area contributed by atoms with E-state index in [1.165, 1.54) is 0 Å². The van der Waals surface area contributed by atoms with E-state index < -0.39 is 5.60 Å². The fourth-order valence-corrected chi connectivity index (χ4v) is 4.46. The molecular weight excluding hydrogens is 340 g/mol. The molecule has 2 aliphatic heterocycles. The largest absolute Gasteiger partial charge is 0.497 e. The van der Waals surface area contributed by atoms with Crippen LogP contribution in [-0.4, -0.2) is 38.5 Å². The van der Waals surface area contributed by atoms with Gasteiger partial charge >= 0.3 is 0 Å². The Balaban J connectivity index is 1.64. The van der Waals surface area contributed by atoms with Gasteiger partial charge in [0.05, 0.1) is 21.3 Å². The number of thioether (sulfide) groups is 1. The first-order valence-corrected chi connectivity index (χ1v) is 8.87. The third kappa shape index (κ3) is 2.48. The lowest BCUT2D eigenvalue weighted by molar-refractivity contribution is 0.0885. The average Bonchev–Trinajstić information content (AvgIpc) is 3.39. The fraction of sp³-hybridized carbons (Fsp3) is 0.316. The predicted octanol–water partition coefficient (Wildman–Crippen LogP) is 3.51. The van der Waals surface area contributed by atoms with Crippen molar-refractivity contribution in [3.05, 3.63) is 47.5 Å². The summed E-state index contributed by atoms with van der Waals surface area (Å²) in [5, 5.41) is 0. The Kier molecular flexibility index (Phi) is 3.89. The van der Waals surface area contributed by atoms with E-state index in [0.717, 1.165) is 16.2 Å². The van der Waals surface area contributed by atoms with E-state index in [0.29, 0.717) is 22.8 Å². The zero-order chi connectivity index (χ0) is 17.6. The molecule has 2 atom stereocenters. The molecule has 1 saturated heterocycles. The van der Waals surface area contributed by atoms with Crippen LogP contribution in [0.15, 0.2) is 41.3 Å². The van der Waals surface area contributed by atoms with Crippen LogP contribution in [0.4, 0.5) is 0 Å². The van der Waals surface area contributed by atoms with Crippen LogP contribution >= 0.6 is 11.8 Å². The highest BCUT2D eigenvalue weighted by Crippen LogP contribution is 2.57. The number of epoxide rings is 1. The Hall–Kier alpha value is -2.18. The van der Waals surface area contributed by atoms with Crippen LogP contribution in [0, 0.1) is 0 Å². The highest BCUT2D eigenvalue weighted by atomic mass is 32.2. The maximum atomic E-state index is 13.0. The molecule has 1 fully saturated rings.